The molecule has 3 heterocycles. The molecule has 2 aliphatic rings. The van der Waals surface area contributed by atoms with Gasteiger partial charge in [0.15, 0.2) is 5.82 Å². The SMILES string of the molecule is CN1Cc2cc(Nc3ncc(C#N)c(Nc4cccc(P(C)(C)=O)n4)n3)cc3c2[C@](C)(CCCC3)C1. The first-order valence-corrected chi connectivity index (χ1v) is 14.9. The van der Waals surface area contributed by atoms with E-state index in [0.29, 0.717) is 28.6 Å². The highest BCUT2D eigenvalue weighted by molar-refractivity contribution is 7.69. The molecule has 3 aromatic rings. The molecular formula is C27H32N7OP. The first-order valence-electron chi connectivity index (χ1n) is 12.3. The molecule has 0 amide bonds. The fourth-order valence-corrected chi connectivity index (χ4v) is 6.45. The summed E-state index contributed by atoms with van der Waals surface area (Å²) in [6.45, 7) is 7.79. The minimum Gasteiger partial charge on any atom is -0.324 e. The molecule has 0 fully saturated rings. The third kappa shape index (κ3) is 4.86. The monoisotopic (exact) mass is 501 g/mol. The number of benzene rings is 1. The Bertz CT molecular complexity index is 1410. The molecule has 186 valence electrons. The molecule has 1 aliphatic carbocycles. The van der Waals surface area contributed by atoms with Crippen molar-refractivity contribution in [1.82, 2.24) is 19.9 Å². The molecule has 0 unspecified atom stereocenters. The van der Waals surface area contributed by atoms with Crippen LogP contribution in [0.5, 0.6) is 0 Å². The molecule has 0 saturated carbocycles. The fourth-order valence-electron chi connectivity index (χ4n) is 5.66. The van der Waals surface area contributed by atoms with Gasteiger partial charge in [-0.1, -0.05) is 19.4 Å². The van der Waals surface area contributed by atoms with Crippen LogP contribution in [0, 0.1) is 11.3 Å². The number of hydrogen-bond donors (Lipinski definition) is 2. The number of aromatic nitrogens is 3. The summed E-state index contributed by atoms with van der Waals surface area (Å²) in [5, 5.41) is 16.1. The van der Waals surface area contributed by atoms with Crippen LogP contribution in [0.3, 0.4) is 0 Å². The minimum atomic E-state index is -2.52. The van der Waals surface area contributed by atoms with Crippen molar-refractivity contribution in [2.75, 3.05) is 37.6 Å². The molecule has 1 aliphatic heterocycles. The second-order valence-corrected chi connectivity index (χ2v) is 13.8. The molecular weight excluding hydrogens is 469 g/mol. The van der Waals surface area contributed by atoms with Crippen LogP contribution in [-0.4, -0.2) is 46.8 Å². The highest BCUT2D eigenvalue weighted by Gasteiger charge is 2.37. The van der Waals surface area contributed by atoms with Gasteiger partial charge >= 0.3 is 0 Å². The van der Waals surface area contributed by atoms with Crippen LogP contribution in [0.2, 0.25) is 0 Å². The highest BCUT2D eigenvalue weighted by Crippen LogP contribution is 2.43. The number of anilines is 4. The zero-order valence-electron chi connectivity index (χ0n) is 21.3. The maximum atomic E-state index is 12.5. The molecule has 9 heteroatoms. The first kappa shape index (κ1) is 24.4. The van der Waals surface area contributed by atoms with E-state index in [-0.39, 0.29) is 5.41 Å². The van der Waals surface area contributed by atoms with E-state index >= 15 is 0 Å². The lowest BCUT2D eigenvalue weighted by Crippen LogP contribution is -2.42. The van der Waals surface area contributed by atoms with Crippen molar-refractivity contribution in [1.29, 1.82) is 5.26 Å². The summed E-state index contributed by atoms with van der Waals surface area (Å²) in [7, 11) is -0.325. The van der Waals surface area contributed by atoms with Gasteiger partial charge in [-0.05, 0) is 80.6 Å². The molecule has 36 heavy (non-hydrogen) atoms. The van der Waals surface area contributed by atoms with Crippen molar-refractivity contribution in [2.45, 2.75) is 44.6 Å². The van der Waals surface area contributed by atoms with Crippen LogP contribution in [0.25, 0.3) is 0 Å². The third-order valence-electron chi connectivity index (χ3n) is 7.09. The Morgan fingerprint density at radius 2 is 1.94 bits per heavy atom. The summed E-state index contributed by atoms with van der Waals surface area (Å²) < 4.78 is 12.5. The van der Waals surface area contributed by atoms with Gasteiger partial charge in [0.05, 0.1) is 6.20 Å². The van der Waals surface area contributed by atoms with E-state index in [1.165, 1.54) is 42.1 Å². The normalized spacial score (nSPS) is 19.6. The van der Waals surface area contributed by atoms with Gasteiger partial charge in [0, 0.05) is 24.2 Å². The number of likely N-dealkylation sites (N-methyl/N-ethyl adjacent to an activating group) is 1. The Hall–Kier alpha value is -3.27. The molecule has 1 atom stereocenters. The van der Waals surface area contributed by atoms with Crippen LogP contribution in [0.15, 0.2) is 36.5 Å². The largest absolute Gasteiger partial charge is 0.324 e. The molecule has 1 aromatic carbocycles. The first-order chi connectivity index (χ1) is 17.1. The molecule has 2 aromatic heterocycles. The Morgan fingerprint density at radius 3 is 2.72 bits per heavy atom. The number of rotatable bonds is 5. The summed E-state index contributed by atoms with van der Waals surface area (Å²) in [6.07, 6.45) is 6.25. The minimum absolute atomic E-state index is 0.192. The maximum Gasteiger partial charge on any atom is 0.229 e. The molecule has 2 N–H and O–H groups in total. The number of pyridine rings is 1. The van der Waals surface area contributed by atoms with Gasteiger partial charge in [-0.2, -0.15) is 10.2 Å². The summed E-state index contributed by atoms with van der Waals surface area (Å²) in [6, 6.07) is 11.9. The average molecular weight is 502 g/mol. The molecule has 0 spiro atoms. The van der Waals surface area contributed by atoms with Crippen molar-refractivity contribution >= 4 is 35.8 Å². The highest BCUT2D eigenvalue weighted by atomic mass is 31.2. The van der Waals surface area contributed by atoms with E-state index in [4.69, 9.17) is 0 Å². The van der Waals surface area contributed by atoms with E-state index in [1.54, 1.807) is 31.5 Å². The van der Waals surface area contributed by atoms with Crippen molar-refractivity contribution in [2.24, 2.45) is 0 Å². The molecule has 5 rings (SSSR count). The van der Waals surface area contributed by atoms with Crippen LogP contribution < -0.4 is 16.1 Å². The van der Waals surface area contributed by atoms with Gasteiger partial charge in [0.25, 0.3) is 0 Å². The van der Waals surface area contributed by atoms with E-state index in [1.807, 2.05) is 0 Å². The number of nitrogens with one attached hydrogen (secondary N) is 2. The van der Waals surface area contributed by atoms with Crippen LogP contribution in [0.4, 0.5) is 23.3 Å². The Morgan fingerprint density at radius 1 is 1.14 bits per heavy atom. The average Bonchev–Trinajstić information content (AvgIpc) is 2.97. The lowest BCUT2D eigenvalue weighted by atomic mass is 9.73. The van der Waals surface area contributed by atoms with E-state index in [2.05, 4.69) is 62.7 Å². The fraction of sp³-hybridized carbons (Fsp3) is 0.407. The number of aryl methyl sites for hydroxylation is 1. The second kappa shape index (κ2) is 9.31. The quantitative estimate of drug-likeness (QED) is 0.475. The summed E-state index contributed by atoms with van der Waals surface area (Å²) in [5.41, 5.74) is 6.29. The summed E-state index contributed by atoms with van der Waals surface area (Å²) in [5.74, 6) is 1.23. The molecule has 0 bridgehead atoms. The van der Waals surface area contributed by atoms with Crippen LogP contribution in [-0.2, 0) is 22.9 Å². The topological polar surface area (TPSA) is 107 Å². The molecule has 8 nitrogen and oxygen atoms in total. The van der Waals surface area contributed by atoms with Crippen LogP contribution in [0.1, 0.15) is 48.4 Å². The summed E-state index contributed by atoms with van der Waals surface area (Å²) in [4.78, 5) is 15.9. The van der Waals surface area contributed by atoms with E-state index in [9.17, 15) is 9.83 Å². The van der Waals surface area contributed by atoms with Crippen molar-refractivity contribution in [3.63, 3.8) is 0 Å². The predicted octanol–water partition coefficient (Wildman–Crippen LogP) is 4.91. The maximum absolute atomic E-state index is 12.5. The smallest absolute Gasteiger partial charge is 0.229 e. The van der Waals surface area contributed by atoms with Gasteiger partial charge in [0.2, 0.25) is 5.95 Å². The van der Waals surface area contributed by atoms with Gasteiger partial charge in [0.1, 0.15) is 30.0 Å². The number of hydrogen-bond acceptors (Lipinski definition) is 8. The van der Waals surface area contributed by atoms with Crippen molar-refractivity contribution in [3.05, 3.63) is 58.8 Å². The zero-order chi connectivity index (χ0) is 25.5. The van der Waals surface area contributed by atoms with Gasteiger partial charge < -0.3 is 20.1 Å². The zero-order valence-corrected chi connectivity index (χ0v) is 22.2. The Kier molecular flexibility index (Phi) is 6.32. The molecule has 0 radical (unpaired) electrons. The number of nitrogens with zero attached hydrogens (tertiary/aromatic N) is 5. The Labute approximate surface area is 212 Å². The van der Waals surface area contributed by atoms with Crippen molar-refractivity contribution < 1.29 is 4.57 Å². The number of nitriles is 1. The predicted molar refractivity (Wildman–Crippen MR) is 144 cm³/mol. The Balaban J connectivity index is 1.47. The van der Waals surface area contributed by atoms with Gasteiger partial charge in [-0.25, -0.2) is 9.97 Å². The molecule has 0 saturated heterocycles. The lowest BCUT2D eigenvalue weighted by molar-refractivity contribution is 0.213. The van der Waals surface area contributed by atoms with Crippen molar-refractivity contribution in [3.8, 4) is 6.07 Å². The third-order valence-corrected chi connectivity index (χ3v) is 8.44. The second-order valence-electron chi connectivity index (χ2n) is 10.7. The summed E-state index contributed by atoms with van der Waals surface area (Å²) >= 11 is 0. The lowest BCUT2D eigenvalue weighted by Gasteiger charge is -2.41. The van der Waals surface area contributed by atoms with E-state index in [0.717, 1.165) is 25.2 Å². The van der Waals surface area contributed by atoms with Gasteiger partial charge in [-0.15, -0.1) is 0 Å². The van der Waals surface area contributed by atoms with E-state index < -0.39 is 7.14 Å². The van der Waals surface area contributed by atoms with Crippen LogP contribution >= 0.6 is 7.14 Å². The van der Waals surface area contributed by atoms with Gasteiger partial charge in [-0.3, -0.25) is 0 Å². The standard InChI is InChI=1S/C27H32N7OP/c1-27-11-6-5-8-18-12-21(13-19(24(18)27)16-34(2)17-27)30-26-29-15-20(14-28)25(33-26)32-22-9-7-10-23(31-22)36(3,4)35/h7,9-10,12-13,15H,5-6,8,11,16-17H2,1-4H3,(H2,29,30,31,32,33)/t27-/m1/s1.